The summed E-state index contributed by atoms with van der Waals surface area (Å²) in [6.07, 6.45) is 10.3. The van der Waals surface area contributed by atoms with Gasteiger partial charge in [-0.15, -0.1) is 20.2 Å². The van der Waals surface area contributed by atoms with E-state index in [1.807, 2.05) is 18.2 Å². The van der Waals surface area contributed by atoms with Gasteiger partial charge >= 0.3 is 0 Å². The molecule has 1 aliphatic carbocycles. The molecule has 11 heteroatoms. The first kappa shape index (κ1) is 19.9. The Morgan fingerprint density at radius 2 is 1.87 bits per heavy atom. The highest BCUT2D eigenvalue weighted by molar-refractivity contribution is 6.13. The van der Waals surface area contributed by atoms with Crippen molar-refractivity contribution in [2.45, 2.75) is 6.92 Å². The number of hydrogen-bond acceptors (Lipinski definition) is 6. The molecule has 0 aromatic heterocycles. The van der Waals surface area contributed by atoms with Crippen molar-refractivity contribution in [3.8, 4) is 0 Å². The van der Waals surface area contributed by atoms with E-state index in [2.05, 4.69) is 29.1 Å². The van der Waals surface area contributed by atoms with Crippen LogP contribution in [-0.4, -0.2) is 45.2 Å². The number of hydrogen-bond donors (Lipinski definition) is 3. The van der Waals surface area contributed by atoms with Gasteiger partial charge in [0.15, 0.2) is 0 Å². The molecule has 0 spiro atoms. The third-order valence-electron chi connectivity index (χ3n) is 2.49. The second-order valence-electron chi connectivity index (χ2n) is 4.15. The lowest BCUT2D eigenvalue weighted by atomic mass is 9.89. The Labute approximate surface area is 131 Å². The maximum atomic E-state index is 8.36. The van der Waals surface area contributed by atoms with Gasteiger partial charge in [-0.05, 0) is 19.1 Å². The third kappa shape index (κ3) is 9.47. The van der Waals surface area contributed by atoms with Crippen molar-refractivity contribution in [1.82, 2.24) is 0 Å². The predicted octanol–water partition coefficient (Wildman–Crippen LogP) is 0.791. The van der Waals surface area contributed by atoms with E-state index in [9.17, 15) is 0 Å². The number of rotatable bonds is 2. The topological polar surface area (TPSA) is 177 Å². The minimum Gasteiger partial charge on any atom is -0.329 e. The maximum Gasteiger partial charge on any atom is 0.291 e. The van der Waals surface area contributed by atoms with E-state index in [4.69, 9.17) is 36.4 Å². The van der Waals surface area contributed by atoms with Crippen molar-refractivity contribution in [3.63, 3.8) is 0 Å². The molecule has 1 unspecified atom stereocenters. The quantitative estimate of drug-likeness (QED) is 0.495. The zero-order valence-electron chi connectivity index (χ0n) is 12.3. The lowest BCUT2D eigenvalue weighted by Crippen LogP contribution is -2.20. The molecule has 0 saturated carbocycles. The Bertz CT molecular complexity index is 558. The smallest absolute Gasteiger partial charge is 0.291 e. The molecule has 1 aliphatic heterocycles. The molecular weight excluding hydrogens is 310 g/mol. The fraction of sp³-hybridized carbons (Fsp3) is 0.333. The Hall–Kier alpha value is -3.08. The predicted molar refractivity (Wildman–Crippen MR) is 81.9 cm³/mol. The van der Waals surface area contributed by atoms with E-state index >= 15 is 0 Å². The van der Waals surface area contributed by atoms with Crippen LogP contribution in [0.5, 0.6) is 0 Å². The summed E-state index contributed by atoms with van der Waals surface area (Å²) in [7, 11) is 0. The van der Waals surface area contributed by atoms with Crippen LogP contribution in [0.1, 0.15) is 6.92 Å². The summed E-state index contributed by atoms with van der Waals surface area (Å²) in [6, 6.07) is 0. The van der Waals surface area contributed by atoms with Crippen LogP contribution in [0.25, 0.3) is 0 Å². The van der Waals surface area contributed by atoms with Gasteiger partial charge in [-0.25, -0.2) is 4.99 Å². The van der Waals surface area contributed by atoms with Gasteiger partial charge in [-0.1, -0.05) is 23.8 Å². The number of fused-ring (bicyclic) bond motifs is 1. The molecule has 0 aromatic carbocycles. The Morgan fingerprint density at radius 3 is 2.39 bits per heavy atom. The van der Waals surface area contributed by atoms with Crippen molar-refractivity contribution >= 4 is 11.5 Å². The van der Waals surface area contributed by atoms with Crippen LogP contribution in [0.15, 0.2) is 45.9 Å². The van der Waals surface area contributed by atoms with E-state index in [-0.39, 0.29) is 0 Å². The van der Waals surface area contributed by atoms with E-state index < -0.39 is 10.2 Å². The van der Waals surface area contributed by atoms with E-state index in [1.54, 1.807) is 0 Å². The largest absolute Gasteiger partial charge is 0.329 e. The fourth-order valence-electron chi connectivity index (χ4n) is 1.74. The summed E-state index contributed by atoms with van der Waals surface area (Å²) < 4.78 is 0. The first-order valence-corrected chi connectivity index (χ1v) is 6.30. The van der Waals surface area contributed by atoms with Crippen LogP contribution in [0.2, 0.25) is 0 Å². The molecule has 1 atom stereocenters. The molecule has 11 nitrogen and oxygen atoms in total. The maximum absolute atomic E-state index is 8.36. The third-order valence-corrected chi connectivity index (χ3v) is 2.49. The van der Waals surface area contributed by atoms with Gasteiger partial charge in [-0.2, -0.15) is 0 Å². The fourth-order valence-corrected chi connectivity index (χ4v) is 1.74. The number of dihydropyridines is 1. The van der Waals surface area contributed by atoms with Crippen LogP contribution < -0.4 is 5.73 Å². The van der Waals surface area contributed by atoms with Gasteiger partial charge in [0.05, 0.1) is 12.3 Å². The zero-order chi connectivity index (χ0) is 17.8. The van der Waals surface area contributed by atoms with Crippen LogP contribution in [0.4, 0.5) is 0 Å². The van der Waals surface area contributed by atoms with Crippen molar-refractivity contribution < 1.29 is 20.6 Å². The number of aliphatic imine (C=N–C) groups is 2. The van der Waals surface area contributed by atoms with Gasteiger partial charge in [-0.3, -0.25) is 4.99 Å². The van der Waals surface area contributed by atoms with Crippen LogP contribution in [0.3, 0.4) is 0 Å². The van der Waals surface area contributed by atoms with Gasteiger partial charge in [0.1, 0.15) is 5.84 Å². The molecular formula is C12H17N5O6. The first-order chi connectivity index (χ1) is 10.8. The summed E-state index contributed by atoms with van der Waals surface area (Å²) in [5, 5.41) is 27.3. The van der Waals surface area contributed by atoms with Crippen molar-refractivity contribution in [2.24, 2.45) is 21.6 Å². The SMILES string of the molecule is CC1=CC(=NCCN)N=C2C=CC=CC12.O=[N+]([O-])O.O=[N+]([O-])O. The standard InChI is InChI=1S/C12H15N3.2HNO3/c1-9-8-12(14-7-6-13)15-11-5-3-2-4-10(9)11;2*2-1(3)4/h2-5,8,10H,6-7,13H2,1H3;2*(H,2,3,4). The van der Waals surface area contributed by atoms with Gasteiger partial charge in [0.25, 0.3) is 10.2 Å². The highest BCUT2D eigenvalue weighted by atomic mass is 16.9. The molecule has 23 heavy (non-hydrogen) atoms. The molecule has 0 fully saturated rings. The molecule has 0 radical (unpaired) electrons. The second-order valence-corrected chi connectivity index (χ2v) is 4.15. The minimum atomic E-state index is -1.50. The summed E-state index contributed by atoms with van der Waals surface area (Å²) in [6.45, 7) is 3.32. The molecule has 126 valence electrons. The molecule has 0 aromatic rings. The zero-order valence-corrected chi connectivity index (χ0v) is 12.3. The van der Waals surface area contributed by atoms with Gasteiger partial charge in [0.2, 0.25) is 0 Å². The second kappa shape index (κ2) is 10.6. The average molecular weight is 327 g/mol. The van der Waals surface area contributed by atoms with Gasteiger partial charge < -0.3 is 16.1 Å². The van der Waals surface area contributed by atoms with Crippen LogP contribution in [0, 0.1) is 26.1 Å². The molecule has 4 N–H and O–H groups in total. The molecule has 2 rings (SSSR count). The minimum absolute atomic E-state index is 0.340. The van der Waals surface area contributed by atoms with Crippen molar-refractivity contribution in [2.75, 3.05) is 13.1 Å². The average Bonchev–Trinajstić information content (AvgIpc) is 2.44. The Morgan fingerprint density at radius 1 is 1.30 bits per heavy atom. The summed E-state index contributed by atoms with van der Waals surface area (Å²) in [5.41, 5.74) is 7.78. The normalized spacial score (nSPS) is 19.2. The highest BCUT2D eigenvalue weighted by Crippen LogP contribution is 2.22. The number of amidine groups is 1. The molecule has 2 aliphatic rings. The van der Waals surface area contributed by atoms with E-state index in [1.165, 1.54) is 5.57 Å². The lowest BCUT2D eigenvalue weighted by molar-refractivity contribution is -0.742. The first-order valence-electron chi connectivity index (χ1n) is 6.30. The van der Waals surface area contributed by atoms with E-state index in [0.29, 0.717) is 19.0 Å². The molecule has 0 bridgehead atoms. The highest BCUT2D eigenvalue weighted by Gasteiger charge is 2.19. The van der Waals surface area contributed by atoms with E-state index in [0.717, 1.165) is 11.5 Å². The van der Waals surface area contributed by atoms with Crippen LogP contribution >= 0.6 is 0 Å². The monoisotopic (exact) mass is 327 g/mol. The molecule has 0 amide bonds. The summed E-state index contributed by atoms with van der Waals surface area (Å²) >= 11 is 0. The van der Waals surface area contributed by atoms with Crippen LogP contribution in [-0.2, 0) is 0 Å². The number of allylic oxidation sites excluding steroid dienone is 5. The summed E-state index contributed by atoms with van der Waals surface area (Å²) in [5.74, 6) is 1.14. The molecule has 1 heterocycles. The lowest BCUT2D eigenvalue weighted by Gasteiger charge is -2.20. The Balaban J connectivity index is 0.000000509. The van der Waals surface area contributed by atoms with Crippen molar-refractivity contribution in [3.05, 3.63) is 56.2 Å². The Kier molecular flexibility index (Phi) is 9.20. The summed E-state index contributed by atoms with van der Waals surface area (Å²) in [4.78, 5) is 25.5. The van der Waals surface area contributed by atoms with Gasteiger partial charge in [0, 0.05) is 12.5 Å². The van der Waals surface area contributed by atoms with Crippen molar-refractivity contribution in [1.29, 1.82) is 0 Å². The number of nitrogens with two attached hydrogens (primary N) is 1. The molecule has 0 saturated heterocycles. The number of nitrogens with zero attached hydrogens (tertiary/aromatic N) is 4.